The van der Waals surface area contributed by atoms with Crippen molar-refractivity contribution in [2.75, 3.05) is 5.32 Å². The Balaban J connectivity index is 1.84. The van der Waals surface area contributed by atoms with Gasteiger partial charge in [-0.05, 0) is 65.1 Å². The van der Waals surface area contributed by atoms with Gasteiger partial charge < -0.3 is 14.4 Å². The van der Waals surface area contributed by atoms with E-state index in [4.69, 9.17) is 9.05 Å². The van der Waals surface area contributed by atoms with E-state index in [1.807, 2.05) is 36.4 Å². The number of nitrogens with one attached hydrogen (secondary N) is 1. The molecule has 0 saturated heterocycles. The van der Waals surface area contributed by atoms with Gasteiger partial charge in [0.1, 0.15) is 17.3 Å². The van der Waals surface area contributed by atoms with Crippen LogP contribution in [0.4, 0.5) is 10.1 Å². The van der Waals surface area contributed by atoms with Crippen LogP contribution in [0.2, 0.25) is 0 Å². The monoisotopic (exact) mass is 559 g/mol. The molecule has 0 aliphatic carbocycles. The first-order chi connectivity index (χ1) is 15.5. The minimum absolute atomic E-state index is 0.183. The lowest BCUT2D eigenvalue weighted by molar-refractivity contribution is 0.375. The molecule has 32 heavy (non-hydrogen) atoms. The van der Waals surface area contributed by atoms with Crippen molar-refractivity contribution in [2.24, 2.45) is 0 Å². The Morgan fingerprint density at radius 1 is 0.719 bits per heavy atom. The van der Waals surface area contributed by atoms with E-state index < -0.39 is 19.2 Å². The second kappa shape index (κ2) is 10.2. The lowest BCUT2D eigenvalue weighted by Gasteiger charge is -2.29. The van der Waals surface area contributed by atoms with Gasteiger partial charge >= 0.3 is 7.60 Å². The summed E-state index contributed by atoms with van der Waals surface area (Å²) in [5, 5.41) is 3.22. The van der Waals surface area contributed by atoms with Crippen molar-refractivity contribution in [3.05, 3.63) is 124 Å². The summed E-state index contributed by atoms with van der Waals surface area (Å²) in [6.07, 6.45) is 0. The van der Waals surface area contributed by atoms with Gasteiger partial charge in [0, 0.05) is 14.8 Å². The molecule has 1 unspecified atom stereocenters. The molecule has 4 aromatic carbocycles. The fraction of sp³-hybridized carbons (Fsp3) is 0.0400. The fourth-order valence-corrected chi connectivity index (χ4v) is 5.60. The Labute approximate surface area is 200 Å². The highest BCUT2D eigenvalue weighted by atomic mass is 127. The van der Waals surface area contributed by atoms with Crippen molar-refractivity contribution < 1.29 is 18.0 Å². The number of para-hydroxylation sites is 3. The Morgan fingerprint density at radius 3 is 1.78 bits per heavy atom. The number of hydrogen-bond donors (Lipinski definition) is 1. The molecule has 0 aliphatic heterocycles. The zero-order valence-electron chi connectivity index (χ0n) is 16.9. The van der Waals surface area contributed by atoms with Crippen molar-refractivity contribution in [3.63, 3.8) is 0 Å². The second-order valence-electron chi connectivity index (χ2n) is 6.90. The van der Waals surface area contributed by atoms with E-state index in [2.05, 4.69) is 27.9 Å². The van der Waals surface area contributed by atoms with Gasteiger partial charge in [-0.1, -0.05) is 66.7 Å². The molecule has 7 heteroatoms. The van der Waals surface area contributed by atoms with Crippen molar-refractivity contribution in [3.8, 4) is 11.5 Å². The van der Waals surface area contributed by atoms with Crippen LogP contribution < -0.4 is 14.4 Å². The Morgan fingerprint density at radius 2 is 1.22 bits per heavy atom. The molecule has 1 atom stereocenters. The summed E-state index contributed by atoms with van der Waals surface area (Å²) >= 11 is 2.17. The van der Waals surface area contributed by atoms with Crippen LogP contribution in [0, 0.1) is 9.39 Å². The lowest BCUT2D eigenvalue weighted by Crippen LogP contribution is -2.19. The van der Waals surface area contributed by atoms with Crippen LogP contribution >= 0.6 is 30.2 Å². The molecule has 0 saturated carbocycles. The Bertz CT molecular complexity index is 1180. The van der Waals surface area contributed by atoms with Crippen molar-refractivity contribution in [2.45, 2.75) is 5.78 Å². The maximum absolute atomic E-state index is 15.0. The van der Waals surface area contributed by atoms with Crippen molar-refractivity contribution in [1.29, 1.82) is 0 Å². The van der Waals surface area contributed by atoms with Crippen molar-refractivity contribution >= 4 is 35.9 Å². The molecule has 0 aromatic heterocycles. The van der Waals surface area contributed by atoms with E-state index >= 15 is 0 Å². The number of benzene rings is 4. The molecule has 0 amide bonds. The van der Waals surface area contributed by atoms with Gasteiger partial charge in [-0.3, -0.25) is 0 Å². The molecule has 4 aromatic rings. The van der Waals surface area contributed by atoms with Crippen LogP contribution in [0.15, 0.2) is 109 Å². The molecular formula is C25H20FINO3P. The number of halogens is 2. The average Bonchev–Trinajstić information content (AvgIpc) is 2.80. The first-order valence-electron chi connectivity index (χ1n) is 9.90. The number of hydrogen-bond acceptors (Lipinski definition) is 4. The van der Waals surface area contributed by atoms with E-state index in [1.165, 1.54) is 6.07 Å². The summed E-state index contributed by atoms with van der Waals surface area (Å²) in [7, 11) is -4.06. The molecule has 0 bridgehead atoms. The van der Waals surface area contributed by atoms with Crippen LogP contribution in [0.25, 0.3) is 0 Å². The normalized spacial score (nSPS) is 12.1. The molecule has 1 N–H and O–H groups in total. The predicted molar refractivity (Wildman–Crippen MR) is 134 cm³/mol. The summed E-state index contributed by atoms with van der Waals surface area (Å²) in [6, 6.07) is 31.2. The van der Waals surface area contributed by atoms with Crippen LogP contribution in [0.3, 0.4) is 0 Å². The largest absolute Gasteiger partial charge is 0.457 e. The Kier molecular flexibility index (Phi) is 7.12. The molecular weight excluding hydrogens is 539 g/mol. The maximum Gasteiger partial charge on any atom is 0.457 e. The zero-order chi connectivity index (χ0) is 22.4. The molecule has 4 nitrogen and oxygen atoms in total. The highest BCUT2D eigenvalue weighted by molar-refractivity contribution is 14.1. The van der Waals surface area contributed by atoms with Gasteiger partial charge in [0.05, 0.1) is 0 Å². The zero-order valence-corrected chi connectivity index (χ0v) is 19.9. The summed E-state index contributed by atoms with van der Waals surface area (Å²) in [5.74, 6) is -0.903. The third kappa shape index (κ3) is 5.31. The molecule has 0 spiro atoms. The molecule has 0 heterocycles. The molecule has 0 aliphatic rings. The first-order valence-corrected chi connectivity index (χ1v) is 12.6. The highest BCUT2D eigenvalue weighted by Crippen LogP contribution is 2.60. The summed E-state index contributed by atoms with van der Waals surface area (Å²) in [4.78, 5) is 0. The second-order valence-corrected chi connectivity index (χ2v) is 10.0. The Hall–Kier alpha value is -2.83. The van der Waals surface area contributed by atoms with E-state index in [0.29, 0.717) is 17.2 Å². The molecule has 0 fully saturated rings. The minimum atomic E-state index is -4.06. The van der Waals surface area contributed by atoms with Crippen LogP contribution in [0.5, 0.6) is 11.5 Å². The van der Waals surface area contributed by atoms with Gasteiger partial charge in [-0.25, -0.2) is 8.96 Å². The predicted octanol–water partition coefficient (Wildman–Crippen LogP) is 7.89. The van der Waals surface area contributed by atoms with Gasteiger partial charge in [0.2, 0.25) is 0 Å². The fourth-order valence-electron chi connectivity index (χ4n) is 3.13. The first kappa shape index (κ1) is 22.4. The quantitative estimate of drug-likeness (QED) is 0.176. The van der Waals surface area contributed by atoms with Crippen LogP contribution in [-0.2, 0) is 4.57 Å². The minimum Gasteiger partial charge on any atom is -0.414 e. The summed E-state index contributed by atoms with van der Waals surface area (Å²) < 4.78 is 42.3. The summed E-state index contributed by atoms with van der Waals surface area (Å²) in [6.45, 7) is 0. The smallest absolute Gasteiger partial charge is 0.414 e. The maximum atomic E-state index is 15.0. The van der Waals surface area contributed by atoms with E-state index in [-0.39, 0.29) is 5.56 Å². The third-order valence-electron chi connectivity index (χ3n) is 4.63. The summed E-state index contributed by atoms with van der Waals surface area (Å²) in [5.41, 5.74) is 0.872. The van der Waals surface area contributed by atoms with Gasteiger partial charge in [-0.2, -0.15) is 0 Å². The van der Waals surface area contributed by atoms with E-state index in [0.717, 1.165) is 3.57 Å². The third-order valence-corrected chi connectivity index (χ3v) is 7.54. The molecule has 0 radical (unpaired) electrons. The lowest BCUT2D eigenvalue weighted by atomic mass is 10.2. The highest BCUT2D eigenvalue weighted by Gasteiger charge is 2.42. The van der Waals surface area contributed by atoms with E-state index in [9.17, 15) is 8.96 Å². The van der Waals surface area contributed by atoms with Gasteiger partial charge in [0.25, 0.3) is 0 Å². The van der Waals surface area contributed by atoms with Crippen LogP contribution in [-0.4, -0.2) is 0 Å². The number of anilines is 1. The average molecular weight is 559 g/mol. The molecule has 162 valence electrons. The van der Waals surface area contributed by atoms with Crippen LogP contribution in [0.1, 0.15) is 11.3 Å². The van der Waals surface area contributed by atoms with Crippen molar-refractivity contribution in [1.82, 2.24) is 0 Å². The van der Waals surface area contributed by atoms with Gasteiger partial charge in [-0.15, -0.1) is 0 Å². The SMILES string of the molecule is O=P(Oc1ccccc1)(Oc1ccccc1)C(Nc1ccccc1I)c1ccccc1F. The topological polar surface area (TPSA) is 47.6 Å². The van der Waals surface area contributed by atoms with E-state index in [1.54, 1.807) is 66.7 Å². The van der Waals surface area contributed by atoms with Gasteiger partial charge in [0.15, 0.2) is 5.78 Å². The number of rotatable bonds is 8. The standard InChI is InChI=1S/C25H20FINO3P/c26-22-16-8-7-15-21(22)25(28-24-18-10-9-17-23(24)27)32(29,30-19-11-3-1-4-12-19)31-20-13-5-2-6-14-20/h1-18,25,28H. The molecule has 4 rings (SSSR count).